The molecular formula is C10H12F3N3O3S. The summed E-state index contributed by atoms with van der Waals surface area (Å²) >= 11 is 0.886. The van der Waals surface area contributed by atoms with Crippen molar-refractivity contribution in [3.05, 3.63) is 11.1 Å². The molecule has 0 spiro atoms. The van der Waals surface area contributed by atoms with Gasteiger partial charge in [-0.1, -0.05) is 0 Å². The highest BCUT2D eigenvalue weighted by Gasteiger charge is 2.29. The molecule has 0 bridgehead atoms. The Morgan fingerprint density at radius 1 is 1.40 bits per heavy atom. The smallest absolute Gasteiger partial charge is 0.394 e. The van der Waals surface area contributed by atoms with Crippen LogP contribution in [0.3, 0.4) is 0 Å². The van der Waals surface area contributed by atoms with Gasteiger partial charge in [0, 0.05) is 18.3 Å². The fraction of sp³-hybridized carbons (Fsp3) is 0.500. The Labute approximate surface area is 116 Å². The number of amides is 2. The maximum Gasteiger partial charge on any atom is 0.394 e. The van der Waals surface area contributed by atoms with Gasteiger partial charge < -0.3 is 10.4 Å². The van der Waals surface area contributed by atoms with Crippen LogP contribution in [0.4, 0.5) is 23.1 Å². The van der Waals surface area contributed by atoms with Crippen molar-refractivity contribution < 1.29 is 27.9 Å². The molecule has 0 aromatic carbocycles. The van der Waals surface area contributed by atoms with Gasteiger partial charge in [-0.3, -0.25) is 10.1 Å². The average Bonchev–Trinajstić information content (AvgIpc) is 2.69. The molecule has 6 nitrogen and oxygen atoms in total. The molecule has 10 heteroatoms. The number of rotatable bonds is 6. The van der Waals surface area contributed by atoms with Crippen LogP contribution in [-0.4, -0.2) is 34.8 Å². The van der Waals surface area contributed by atoms with Crippen LogP contribution in [0.2, 0.25) is 0 Å². The summed E-state index contributed by atoms with van der Waals surface area (Å²) in [5, 5.41) is 14.3. The van der Waals surface area contributed by atoms with E-state index in [1.165, 1.54) is 5.38 Å². The molecule has 0 aliphatic rings. The van der Waals surface area contributed by atoms with E-state index in [-0.39, 0.29) is 30.2 Å². The number of hydrogen-bond acceptors (Lipinski definition) is 4. The fourth-order valence-corrected chi connectivity index (χ4v) is 1.94. The summed E-state index contributed by atoms with van der Waals surface area (Å²) in [5.74, 6) is -0.969. The Balaban J connectivity index is 2.33. The van der Waals surface area contributed by atoms with Crippen LogP contribution in [0.5, 0.6) is 0 Å². The van der Waals surface area contributed by atoms with Gasteiger partial charge in [0.05, 0.1) is 12.1 Å². The summed E-state index contributed by atoms with van der Waals surface area (Å²) in [6.07, 6.45) is -5.30. The SMILES string of the molecule is O=C(O)CCCNC(=O)Nc1nc(CC(F)(F)F)cs1. The highest BCUT2D eigenvalue weighted by molar-refractivity contribution is 7.13. The first-order valence-electron chi connectivity index (χ1n) is 5.54. The van der Waals surface area contributed by atoms with Crippen LogP contribution < -0.4 is 10.6 Å². The normalized spacial score (nSPS) is 11.2. The van der Waals surface area contributed by atoms with Gasteiger partial charge in [-0.05, 0) is 6.42 Å². The van der Waals surface area contributed by atoms with Gasteiger partial charge >= 0.3 is 18.2 Å². The Morgan fingerprint density at radius 2 is 2.10 bits per heavy atom. The van der Waals surface area contributed by atoms with Gasteiger partial charge in [0.1, 0.15) is 0 Å². The second-order valence-electron chi connectivity index (χ2n) is 3.81. The maximum atomic E-state index is 12.1. The molecule has 0 radical (unpaired) electrons. The van der Waals surface area contributed by atoms with Crippen molar-refractivity contribution in [1.82, 2.24) is 10.3 Å². The number of carboxylic acid groups (broad SMARTS) is 1. The van der Waals surface area contributed by atoms with E-state index in [4.69, 9.17) is 5.11 Å². The maximum absolute atomic E-state index is 12.1. The number of alkyl halides is 3. The molecule has 0 aliphatic carbocycles. The number of aromatic nitrogens is 1. The van der Waals surface area contributed by atoms with Crippen LogP contribution in [0.1, 0.15) is 18.5 Å². The third kappa shape index (κ3) is 6.92. The van der Waals surface area contributed by atoms with Crippen LogP contribution in [-0.2, 0) is 11.2 Å². The molecule has 3 N–H and O–H groups in total. The van der Waals surface area contributed by atoms with Crippen molar-refractivity contribution in [2.45, 2.75) is 25.4 Å². The number of aliphatic carboxylic acids is 1. The number of nitrogens with one attached hydrogen (secondary N) is 2. The Morgan fingerprint density at radius 3 is 2.70 bits per heavy atom. The third-order valence-electron chi connectivity index (χ3n) is 2.01. The minimum atomic E-state index is -4.34. The predicted molar refractivity (Wildman–Crippen MR) is 65.8 cm³/mol. The van der Waals surface area contributed by atoms with E-state index in [0.29, 0.717) is 0 Å². The first-order valence-corrected chi connectivity index (χ1v) is 6.42. The van der Waals surface area contributed by atoms with E-state index in [1.54, 1.807) is 0 Å². The molecule has 0 fully saturated rings. The van der Waals surface area contributed by atoms with Gasteiger partial charge in [0.2, 0.25) is 0 Å². The zero-order valence-corrected chi connectivity index (χ0v) is 11.0. The molecule has 1 heterocycles. The van der Waals surface area contributed by atoms with Gasteiger partial charge in [-0.25, -0.2) is 9.78 Å². The monoisotopic (exact) mass is 311 g/mol. The summed E-state index contributed by atoms with van der Waals surface area (Å²) in [6, 6.07) is -0.636. The number of thiazole rings is 1. The summed E-state index contributed by atoms with van der Waals surface area (Å²) in [7, 11) is 0. The Hall–Kier alpha value is -1.84. The minimum absolute atomic E-state index is 0.0555. The Bertz CT molecular complexity index is 476. The number of hydrogen-bond donors (Lipinski definition) is 3. The summed E-state index contributed by atoms with van der Waals surface area (Å²) in [5.41, 5.74) is -0.163. The summed E-state index contributed by atoms with van der Waals surface area (Å²) < 4.78 is 36.3. The average molecular weight is 311 g/mol. The zero-order valence-electron chi connectivity index (χ0n) is 10.2. The van der Waals surface area contributed by atoms with E-state index in [9.17, 15) is 22.8 Å². The number of halogens is 3. The fourth-order valence-electron chi connectivity index (χ4n) is 1.23. The summed E-state index contributed by atoms with van der Waals surface area (Å²) in [6.45, 7) is 0.152. The van der Waals surface area contributed by atoms with E-state index in [0.717, 1.165) is 11.3 Å². The largest absolute Gasteiger partial charge is 0.481 e. The molecule has 20 heavy (non-hydrogen) atoms. The second-order valence-corrected chi connectivity index (χ2v) is 4.67. The van der Waals surface area contributed by atoms with Gasteiger partial charge in [-0.15, -0.1) is 11.3 Å². The number of anilines is 1. The van der Waals surface area contributed by atoms with Gasteiger partial charge in [0.25, 0.3) is 0 Å². The van der Waals surface area contributed by atoms with Crippen molar-refractivity contribution in [2.75, 3.05) is 11.9 Å². The molecule has 1 rings (SSSR count). The molecule has 1 aromatic heterocycles. The second kappa shape index (κ2) is 7.08. The van der Waals surface area contributed by atoms with Crippen LogP contribution >= 0.6 is 11.3 Å². The molecule has 112 valence electrons. The molecule has 0 saturated heterocycles. The lowest BCUT2D eigenvalue weighted by Crippen LogP contribution is -2.29. The number of carbonyl (C=O) groups is 2. The number of carbonyl (C=O) groups excluding carboxylic acids is 1. The van der Waals surface area contributed by atoms with E-state index >= 15 is 0 Å². The Kier molecular flexibility index (Phi) is 5.74. The molecule has 1 aromatic rings. The summed E-state index contributed by atoms with van der Waals surface area (Å²) in [4.78, 5) is 25.2. The van der Waals surface area contributed by atoms with Crippen molar-refractivity contribution in [3.63, 3.8) is 0 Å². The molecule has 0 unspecified atom stereocenters. The number of carboxylic acids is 1. The van der Waals surface area contributed by atoms with Crippen molar-refractivity contribution >= 4 is 28.5 Å². The lowest BCUT2D eigenvalue weighted by atomic mass is 10.3. The third-order valence-corrected chi connectivity index (χ3v) is 2.81. The highest BCUT2D eigenvalue weighted by atomic mass is 32.1. The molecule has 0 aliphatic heterocycles. The first-order chi connectivity index (χ1) is 9.26. The van der Waals surface area contributed by atoms with Crippen molar-refractivity contribution in [1.29, 1.82) is 0 Å². The van der Waals surface area contributed by atoms with Gasteiger partial charge in [0.15, 0.2) is 5.13 Å². The minimum Gasteiger partial charge on any atom is -0.481 e. The zero-order chi connectivity index (χ0) is 15.2. The number of urea groups is 1. The highest BCUT2D eigenvalue weighted by Crippen LogP contribution is 2.24. The van der Waals surface area contributed by atoms with E-state index in [2.05, 4.69) is 15.6 Å². The van der Waals surface area contributed by atoms with Crippen molar-refractivity contribution in [2.24, 2.45) is 0 Å². The standard InChI is InChI=1S/C10H12F3N3O3S/c11-10(12,13)4-6-5-20-9(15-6)16-8(19)14-3-1-2-7(17)18/h5H,1-4H2,(H,17,18)(H2,14,15,16,19). The molecular weight excluding hydrogens is 299 g/mol. The van der Waals surface area contributed by atoms with E-state index in [1.807, 2.05) is 0 Å². The topological polar surface area (TPSA) is 91.3 Å². The quantitative estimate of drug-likeness (QED) is 0.703. The van der Waals surface area contributed by atoms with Crippen LogP contribution in [0.15, 0.2) is 5.38 Å². The predicted octanol–water partition coefficient (Wildman–Crippen LogP) is 2.23. The molecule has 0 saturated carbocycles. The van der Waals surface area contributed by atoms with Crippen molar-refractivity contribution in [3.8, 4) is 0 Å². The first kappa shape index (κ1) is 16.2. The van der Waals surface area contributed by atoms with Gasteiger partial charge in [-0.2, -0.15) is 13.2 Å². The van der Waals surface area contributed by atoms with Crippen LogP contribution in [0.25, 0.3) is 0 Å². The number of nitrogens with zero attached hydrogens (tertiary/aromatic N) is 1. The molecule has 0 atom stereocenters. The lowest BCUT2D eigenvalue weighted by molar-refractivity contribution is -0.137. The van der Waals surface area contributed by atoms with E-state index < -0.39 is 24.6 Å². The molecule has 2 amide bonds. The lowest BCUT2D eigenvalue weighted by Gasteiger charge is -2.04. The van der Waals surface area contributed by atoms with Crippen LogP contribution in [0, 0.1) is 0 Å².